The fourth-order valence-corrected chi connectivity index (χ4v) is 2.77. The predicted molar refractivity (Wildman–Crippen MR) is 74.1 cm³/mol. The topological polar surface area (TPSA) is 68.8 Å². The van der Waals surface area contributed by atoms with E-state index in [-0.39, 0.29) is 5.41 Å². The molecule has 98 valence electrons. The molecule has 0 atom stereocenters. The fourth-order valence-electron chi connectivity index (χ4n) is 1.67. The van der Waals surface area contributed by atoms with Crippen LogP contribution < -0.4 is 0 Å². The molecule has 0 radical (unpaired) electrons. The molecule has 19 heavy (non-hydrogen) atoms. The van der Waals surface area contributed by atoms with Crippen LogP contribution in [0.4, 0.5) is 0 Å². The van der Waals surface area contributed by atoms with E-state index in [1.807, 2.05) is 0 Å². The van der Waals surface area contributed by atoms with E-state index in [4.69, 9.17) is 0 Å². The number of thioether (sulfide) groups is 1. The molecule has 0 unspecified atom stereocenters. The highest BCUT2D eigenvalue weighted by atomic mass is 32.2. The lowest BCUT2D eigenvalue weighted by Crippen LogP contribution is -2.26. The summed E-state index contributed by atoms with van der Waals surface area (Å²) in [5, 5.41) is 13.8. The van der Waals surface area contributed by atoms with Gasteiger partial charge >= 0.3 is 0 Å². The van der Waals surface area contributed by atoms with Gasteiger partial charge in [0.1, 0.15) is 5.69 Å². The van der Waals surface area contributed by atoms with Crippen molar-refractivity contribution in [3.8, 4) is 11.5 Å². The van der Waals surface area contributed by atoms with Crippen molar-refractivity contribution in [1.82, 2.24) is 24.8 Å². The Kier molecular flexibility index (Phi) is 2.85. The van der Waals surface area contributed by atoms with Gasteiger partial charge in [0.05, 0.1) is 11.9 Å². The third-order valence-corrected chi connectivity index (χ3v) is 3.76. The zero-order valence-electron chi connectivity index (χ0n) is 11.0. The maximum atomic E-state index is 4.67. The lowest BCUT2D eigenvalue weighted by atomic mass is 9.91. The van der Waals surface area contributed by atoms with Crippen molar-refractivity contribution in [2.75, 3.05) is 5.75 Å². The molecule has 0 saturated carbocycles. The summed E-state index contributed by atoms with van der Waals surface area (Å²) in [6, 6.07) is 0. The van der Waals surface area contributed by atoms with E-state index in [0.717, 1.165) is 16.6 Å². The molecule has 0 aromatic carbocycles. The van der Waals surface area contributed by atoms with Crippen molar-refractivity contribution in [2.45, 2.75) is 25.9 Å². The third kappa shape index (κ3) is 2.25. The molecule has 0 amide bonds. The molecule has 3 rings (SSSR count). The normalized spacial score (nSPS) is 15.0. The molecule has 0 saturated heterocycles. The molecule has 0 N–H and O–H groups in total. The zero-order valence-corrected chi connectivity index (χ0v) is 11.8. The molecule has 2 aromatic rings. The number of hydrogen-bond donors (Lipinski definition) is 0. The molecule has 0 bridgehead atoms. The van der Waals surface area contributed by atoms with E-state index in [1.165, 1.54) is 0 Å². The summed E-state index contributed by atoms with van der Waals surface area (Å²) in [6.45, 7) is 6.47. The average molecular weight is 274 g/mol. The summed E-state index contributed by atoms with van der Waals surface area (Å²) >= 11 is 1.65. The Bertz CT molecular complexity index is 625. The van der Waals surface area contributed by atoms with Crippen LogP contribution in [0.3, 0.4) is 0 Å². The van der Waals surface area contributed by atoms with Crippen molar-refractivity contribution in [3.05, 3.63) is 18.6 Å². The van der Waals surface area contributed by atoms with Crippen molar-refractivity contribution in [1.29, 1.82) is 0 Å². The quantitative estimate of drug-likeness (QED) is 0.796. The smallest absolute Gasteiger partial charge is 0.212 e. The van der Waals surface area contributed by atoms with Gasteiger partial charge in [-0.1, -0.05) is 32.5 Å². The summed E-state index contributed by atoms with van der Waals surface area (Å²) in [5.74, 6) is 1.49. The minimum absolute atomic E-state index is 0.0363. The molecule has 2 aromatic heterocycles. The van der Waals surface area contributed by atoms with Gasteiger partial charge in [-0.05, 0) is 0 Å². The van der Waals surface area contributed by atoms with E-state index in [9.17, 15) is 0 Å². The molecular weight excluding hydrogens is 260 g/mol. The van der Waals surface area contributed by atoms with Crippen LogP contribution in [0.25, 0.3) is 11.5 Å². The predicted octanol–water partition coefficient (Wildman–Crippen LogP) is 2.09. The second-order valence-corrected chi connectivity index (χ2v) is 6.24. The van der Waals surface area contributed by atoms with E-state index in [0.29, 0.717) is 11.5 Å². The molecule has 1 aliphatic heterocycles. The van der Waals surface area contributed by atoms with Crippen LogP contribution in [-0.4, -0.2) is 36.3 Å². The number of nitrogens with zero attached hydrogens (tertiary/aromatic N) is 6. The van der Waals surface area contributed by atoms with Gasteiger partial charge in [0.2, 0.25) is 11.0 Å². The SMILES string of the molecule is CC(C)(C)C1=Nn2c(nnc2-c2cnccn2)SC1. The first-order valence-corrected chi connectivity index (χ1v) is 6.97. The van der Waals surface area contributed by atoms with Gasteiger partial charge in [0.15, 0.2) is 0 Å². The first-order chi connectivity index (χ1) is 9.05. The minimum Gasteiger partial charge on any atom is -0.261 e. The minimum atomic E-state index is 0.0363. The number of aromatic nitrogens is 5. The Labute approximate surface area is 115 Å². The maximum absolute atomic E-state index is 4.67. The van der Waals surface area contributed by atoms with Gasteiger partial charge in [-0.3, -0.25) is 4.98 Å². The number of hydrogen-bond acceptors (Lipinski definition) is 6. The maximum Gasteiger partial charge on any atom is 0.212 e. The highest BCUT2D eigenvalue weighted by Crippen LogP contribution is 2.30. The van der Waals surface area contributed by atoms with Gasteiger partial charge in [0, 0.05) is 23.6 Å². The lowest BCUT2D eigenvalue weighted by Gasteiger charge is -2.24. The summed E-state index contributed by atoms with van der Waals surface area (Å²) in [6.07, 6.45) is 4.94. The van der Waals surface area contributed by atoms with Gasteiger partial charge in [-0.25, -0.2) is 4.98 Å². The highest BCUT2D eigenvalue weighted by molar-refractivity contribution is 7.99. The van der Waals surface area contributed by atoms with Crippen molar-refractivity contribution < 1.29 is 0 Å². The van der Waals surface area contributed by atoms with Crippen LogP contribution in [0, 0.1) is 5.41 Å². The van der Waals surface area contributed by atoms with Crippen molar-refractivity contribution >= 4 is 17.5 Å². The number of rotatable bonds is 1. The Morgan fingerprint density at radius 2 is 2.05 bits per heavy atom. The number of fused-ring (bicyclic) bond motifs is 1. The summed E-state index contributed by atoms with van der Waals surface area (Å²) < 4.78 is 1.76. The Morgan fingerprint density at radius 3 is 2.74 bits per heavy atom. The standard InChI is InChI=1S/C12H14N6S/c1-12(2,3)9-7-19-11-16-15-10(18(11)17-9)8-6-13-4-5-14-8/h4-6H,7H2,1-3H3. The molecule has 3 heterocycles. The molecule has 0 fully saturated rings. The zero-order chi connectivity index (χ0) is 13.5. The molecule has 0 aliphatic carbocycles. The van der Waals surface area contributed by atoms with E-state index < -0.39 is 0 Å². The van der Waals surface area contributed by atoms with Crippen LogP contribution >= 0.6 is 11.8 Å². The van der Waals surface area contributed by atoms with E-state index >= 15 is 0 Å². The van der Waals surface area contributed by atoms with Gasteiger partial charge in [0.25, 0.3) is 0 Å². The first-order valence-electron chi connectivity index (χ1n) is 5.98. The van der Waals surface area contributed by atoms with Crippen LogP contribution in [0.2, 0.25) is 0 Å². The Morgan fingerprint density at radius 1 is 1.21 bits per heavy atom. The first kappa shape index (κ1) is 12.3. The van der Waals surface area contributed by atoms with Crippen molar-refractivity contribution in [2.24, 2.45) is 10.5 Å². The van der Waals surface area contributed by atoms with Gasteiger partial charge in [-0.2, -0.15) is 9.78 Å². The molecule has 1 aliphatic rings. The monoisotopic (exact) mass is 274 g/mol. The Balaban J connectivity index is 2.10. The van der Waals surface area contributed by atoms with Crippen LogP contribution in [-0.2, 0) is 0 Å². The van der Waals surface area contributed by atoms with Gasteiger partial charge in [-0.15, -0.1) is 10.2 Å². The summed E-state index contributed by atoms with van der Waals surface area (Å²) in [7, 11) is 0. The lowest BCUT2D eigenvalue weighted by molar-refractivity contribution is 0.574. The average Bonchev–Trinajstić information content (AvgIpc) is 2.81. The van der Waals surface area contributed by atoms with Crippen LogP contribution in [0.5, 0.6) is 0 Å². The summed E-state index contributed by atoms with van der Waals surface area (Å²) in [4.78, 5) is 8.31. The molecule has 6 nitrogen and oxygen atoms in total. The van der Waals surface area contributed by atoms with Gasteiger partial charge < -0.3 is 0 Å². The fraction of sp³-hybridized carbons (Fsp3) is 0.417. The second-order valence-electron chi connectivity index (χ2n) is 5.29. The molecular formula is C12H14N6S. The highest BCUT2D eigenvalue weighted by Gasteiger charge is 2.26. The molecule has 7 heteroatoms. The van der Waals surface area contributed by atoms with E-state index in [1.54, 1.807) is 35.0 Å². The largest absolute Gasteiger partial charge is 0.261 e. The van der Waals surface area contributed by atoms with E-state index in [2.05, 4.69) is 46.0 Å². The second kappa shape index (κ2) is 4.41. The summed E-state index contributed by atoms with van der Waals surface area (Å²) in [5.41, 5.74) is 1.84. The third-order valence-electron chi connectivity index (χ3n) is 2.83. The Hall–Kier alpha value is -1.76. The van der Waals surface area contributed by atoms with Crippen LogP contribution in [0.1, 0.15) is 20.8 Å². The van der Waals surface area contributed by atoms with Crippen LogP contribution in [0.15, 0.2) is 28.8 Å². The van der Waals surface area contributed by atoms with Crippen molar-refractivity contribution in [3.63, 3.8) is 0 Å². The molecule has 0 spiro atoms.